The molecule has 3 heteroatoms. The Kier molecular flexibility index (Phi) is 8.63. The molecule has 11 rings (SSSR count). The van der Waals surface area contributed by atoms with Crippen molar-refractivity contribution < 1.29 is 0 Å². The second-order valence-corrected chi connectivity index (χ2v) is 15.3. The summed E-state index contributed by atoms with van der Waals surface area (Å²) in [7, 11) is 0. The average molecular weight is 756 g/mol. The van der Waals surface area contributed by atoms with E-state index >= 15 is 0 Å². The van der Waals surface area contributed by atoms with Gasteiger partial charge in [-0.3, -0.25) is 0 Å². The van der Waals surface area contributed by atoms with Crippen LogP contribution in [0.15, 0.2) is 237 Å². The second-order valence-electron chi connectivity index (χ2n) is 15.3. The summed E-state index contributed by atoms with van der Waals surface area (Å²) in [5.74, 6) is 0.357. The molecule has 59 heavy (non-hydrogen) atoms. The molecule has 2 aliphatic rings. The molecule has 1 aliphatic heterocycles. The molecule has 0 saturated heterocycles. The van der Waals surface area contributed by atoms with Crippen LogP contribution in [0.2, 0.25) is 0 Å². The predicted molar refractivity (Wildman–Crippen MR) is 248 cm³/mol. The monoisotopic (exact) mass is 755 g/mol. The number of benzene rings is 8. The molecule has 0 N–H and O–H groups in total. The van der Waals surface area contributed by atoms with Crippen LogP contribution in [0.5, 0.6) is 0 Å². The summed E-state index contributed by atoms with van der Waals surface area (Å²) in [4.78, 5) is 4.84. The van der Waals surface area contributed by atoms with E-state index < -0.39 is 0 Å². The summed E-state index contributed by atoms with van der Waals surface area (Å²) in [5, 5.41) is 1.22. The fraction of sp³-hybridized carbons (Fsp3) is 0.0357. The highest BCUT2D eigenvalue weighted by molar-refractivity contribution is 6.07. The minimum atomic E-state index is 0.269. The van der Waals surface area contributed by atoms with Gasteiger partial charge < -0.3 is 14.4 Å². The van der Waals surface area contributed by atoms with Crippen molar-refractivity contribution in [3.63, 3.8) is 0 Å². The first kappa shape index (κ1) is 34.6. The van der Waals surface area contributed by atoms with Crippen LogP contribution in [0.1, 0.15) is 11.5 Å². The number of hydrogen-bond donors (Lipinski definition) is 0. The van der Waals surface area contributed by atoms with Crippen molar-refractivity contribution in [2.24, 2.45) is 0 Å². The molecule has 0 bridgehead atoms. The van der Waals surface area contributed by atoms with E-state index in [9.17, 15) is 0 Å². The Balaban J connectivity index is 0.991. The third-order valence-electron chi connectivity index (χ3n) is 11.9. The van der Waals surface area contributed by atoms with E-state index in [1.165, 1.54) is 61.4 Å². The summed E-state index contributed by atoms with van der Waals surface area (Å²) in [5.41, 5.74) is 16.7. The molecule has 1 aliphatic carbocycles. The first-order chi connectivity index (χ1) is 29.3. The molecule has 9 aromatic rings. The first-order valence-electron chi connectivity index (χ1n) is 20.4. The molecule has 0 spiro atoms. The van der Waals surface area contributed by atoms with E-state index in [4.69, 9.17) is 0 Å². The molecule has 2 heterocycles. The number of anilines is 5. The van der Waals surface area contributed by atoms with Gasteiger partial charge in [0.25, 0.3) is 0 Å². The molecular formula is C56H41N3. The number of aromatic nitrogens is 1. The number of rotatable bonds is 8. The second kappa shape index (κ2) is 14.7. The lowest BCUT2D eigenvalue weighted by molar-refractivity contribution is 0.745. The topological polar surface area (TPSA) is 11.4 Å². The minimum Gasteiger partial charge on any atom is -0.333 e. The van der Waals surface area contributed by atoms with Crippen LogP contribution >= 0.6 is 0 Å². The Morgan fingerprint density at radius 1 is 0.407 bits per heavy atom. The minimum absolute atomic E-state index is 0.269. The van der Waals surface area contributed by atoms with Crippen molar-refractivity contribution in [2.45, 2.75) is 12.0 Å². The highest BCUT2D eigenvalue weighted by Crippen LogP contribution is 2.48. The smallest absolute Gasteiger partial charge is 0.0629 e. The van der Waals surface area contributed by atoms with E-state index in [1.54, 1.807) is 0 Å². The van der Waals surface area contributed by atoms with Crippen LogP contribution < -0.4 is 9.80 Å². The zero-order valence-corrected chi connectivity index (χ0v) is 32.5. The Bertz CT molecular complexity index is 2970. The number of allylic oxidation sites excluding steroid dienone is 2. The summed E-state index contributed by atoms with van der Waals surface area (Å²) < 4.78 is 2.42. The van der Waals surface area contributed by atoms with E-state index in [2.05, 4.69) is 251 Å². The van der Waals surface area contributed by atoms with Gasteiger partial charge in [0.15, 0.2) is 0 Å². The Morgan fingerprint density at radius 2 is 0.966 bits per heavy atom. The fourth-order valence-corrected chi connectivity index (χ4v) is 9.26. The average Bonchev–Trinajstić information content (AvgIpc) is 3.84. The lowest BCUT2D eigenvalue weighted by atomic mass is 9.91. The number of para-hydroxylation sites is 3. The number of nitrogens with zero attached hydrogens (tertiary/aromatic N) is 3. The maximum absolute atomic E-state index is 2.49. The van der Waals surface area contributed by atoms with Crippen molar-refractivity contribution in [3.05, 3.63) is 242 Å². The lowest BCUT2D eigenvalue weighted by Gasteiger charge is -2.30. The summed E-state index contributed by atoms with van der Waals surface area (Å²) in [6, 6.07) is 77.1. The van der Waals surface area contributed by atoms with Crippen LogP contribution in [-0.4, -0.2) is 10.6 Å². The Morgan fingerprint density at radius 3 is 1.68 bits per heavy atom. The van der Waals surface area contributed by atoms with Crippen LogP contribution in [0.4, 0.5) is 28.4 Å². The van der Waals surface area contributed by atoms with Crippen LogP contribution in [0.3, 0.4) is 0 Å². The van der Waals surface area contributed by atoms with Crippen molar-refractivity contribution in [2.75, 3.05) is 9.80 Å². The largest absolute Gasteiger partial charge is 0.333 e. The summed E-state index contributed by atoms with van der Waals surface area (Å²) >= 11 is 0. The maximum Gasteiger partial charge on any atom is 0.0629 e. The first-order valence-corrected chi connectivity index (χ1v) is 20.4. The molecule has 2 atom stereocenters. The lowest BCUT2D eigenvalue weighted by Crippen LogP contribution is -2.28. The molecule has 0 radical (unpaired) electrons. The molecule has 0 fully saturated rings. The van der Waals surface area contributed by atoms with Crippen LogP contribution in [-0.2, 0) is 0 Å². The van der Waals surface area contributed by atoms with Gasteiger partial charge in [-0.05, 0) is 107 Å². The Labute approximate surface area is 345 Å². The molecule has 2 unspecified atom stereocenters. The van der Waals surface area contributed by atoms with Gasteiger partial charge >= 0.3 is 0 Å². The summed E-state index contributed by atoms with van der Waals surface area (Å²) in [6.07, 6.45) is 9.02. The highest BCUT2D eigenvalue weighted by Gasteiger charge is 2.37. The number of hydrogen-bond acceptors (Lipinski definition) is 2. The maximum atomic E-state index is 2.49. The molecule has 8 aromatic carbocycles. The zero-order valence-electron chi connectivity index (χ0n) is 32.5. The quantitative estimate of drug-likeness (QED) is 0.153. The Hall–Kier alpha value is -7.62. The van der Waals surface area contributed by atoms with E-state index in [0.29, 0.717) is 5.92 Å². The number of fused-ring (bicyclic) bond motifs is 4. The van der Waals surface area contributed by atoms with Gasteiger partial charge in [-0.25, -0.2) is 0 Å². The van der Waals surface area contributed by atoms with Gasteiger partial charge in [0.1, 0.15) is 0 Å². The van der Waals surface area contributed by atoms with E-state index in [-0.39, 0.29) is 6.04 Å². The van der Waals surface area contributed by atoms with Crippen LogP contribution in [0, 0.1) is 0 Å². The zero-order chi connectivity index (χ0) is 39.1. The van der Waals surface area contributed by atoms with Gasteiger partial charge in [-0.2, -0.15) is 0 Å². The van der Waals surface area contributed by atoms with Crippen molar-refractivity contribution in [3.8, 4) is 39.2 Å². The van der Waals surface area contributed by atoms with Crippen molar-refractivity contribution in [1.82, 2.24) is 4.57 Å². The van der Waals surface area contributed by atoms with Gasteiger partial charge in [0, 0.05) is 51.0 Å². The third kappa shape index (κ3) is 6.07. The van der Waals surface area contributed by atoms with Gasteiger partial charge in [-0.1, -0.05) is 158 Å². The SMILES string of the molecule is C1=CC2c3ccccc3N(c3ccc(N(c4ccccc4)c4ccc(-c5ccc6c(c5)c(-c5ccccc5)c(-c5ccccc5)n6-c5ccccc5)cc4)cc3)C2C=C1. The molecule has 0 amide bonds. The molecule has 3 nitrogen and oxygen atoms in total. The fourth-order valence-electron chi connectivity index (χ4n) is 9.26. The van der Waals surface area contributed by atoms with Gasteiger partial charge in [-0.15, -0.1) is 0 Å². The van der Waals surface area contributed by atoms with E-state index in [0.717, 1.165) is 22.7 Å². The van der Waals surface area contributed by atoms with Crippen molar-refractivity contribution in [1.29, 1.82) is 0 Å². The van der Waals surface area contributed by atoms with Gasteiger partial charge in [0.2, 0.25) is 0 Å². The van der Waals surface area contributed by atoms with Crippen molar-refractivity contribution >= 4 is 39.3 Å². The predicted octanol–water partition coefficient (Wildman–Crippen LogP) is 14.8. The molecule has 1 aromatic heterocycles. The van der Waals surface area contributed by atoms with Crippen LogP contribution in [0.25, 0.3) is 50.1 Å². The normalized spacial score (nSPS) is 15.3. The standard InChI is InChI=1S/C56H41N3/c1-5-17-41(18-6-1)55-51-39-43(31-38-54(51)59(45-23-11-4-12-24-45)56(55)42-19-7-2-8-20-42)40-29-32-46(33-30-40)57(44-21-9-3-10-22-44)47-34-36-48(37-35-47)58-52-27-15-13-25-49(52)50-26-14-16-28-53(50)58/h1-39,49,52H. The molecule has 0 saturated carbocycles. The summed E-state index contributed by atoms with van der Waals surface area (Å²) in [6.45, 7) is 0. The van der Waals surface area contributed by atoms with E-state index in [1.807, 2.05) is 0 Å². The van der Waals surface area contributed by atoms with Gasteiger partial charge in [0.05, 0.1) is 17.3 Å². The highest BCUT2D eigenvalue weighted by atomic mass is 15.2. The molecular weight excluding hydrogens is 715 g/mol. The molecule has 280 valence electrons. The third-order valence-corrected chi connectivity index (χ3v) is 11.9.